The van der Waals surface area contributed by atoms with Crippen LogP contribution in [0.25, 0.3) is 33.3 Å². The van der Waals surface area contributed by atoms with Gasteiger partial charge in [-0.3, -0.25) is 9.59 Å². The maximum atomic E-state index is 13.5. The van der Waals surface area contributed by atoms with Gasteiger partial charge in [0.15, 0.2) is 0 Å². The number of aromatic hydroxyl groups is 1. The molecule has 47 heavy (non-hydrogen) atoms. The summed E-state index contributed by atoms with van der Waals surface area (Å²) in [5.41, 5.74) is 11.5. The number of phenolic OH excluding ortho intramolecular Hbond substituents is 1. The highest BCUT2D eigenvalue weighted by molar-refractivity contribution is 6.00. The first-order valence-corrected chi connectivity index (χ1v) is 16.1. The summed E-state index contributed by atoms with van der Waals surface area (Å²) in [5.74, 6) is 0.703. The number of carbonyl (C=O) groups excluding carboxylic acids is 2. The molecule has 1 aliphatic rings. The van der Waals surface area contributed by atoms with Gasteiger partial charge in [-0.25, -0.2) is 4.98 Å². The predicted molar refractivity (Wildman–Crippen MR) is 182 cm³/mol. The molecule has 0 spiro atoms. The van der Waals surface area contributed by atoms with E-state index in [1.165, 1.54) is 19.3 Å². The van der Waals surface area contributed by atoms with Gasteiger partial charge in [-0.1, -0.05) is 49.6 Å². The van der Waals surface area contributed by atoms with Crippen molar-refractivity contribution >= 4 is 33.8 Å². The summed E-state index contributed by atoms with van der Waals surface area (Å²) in [6.45, 7) is 0.494. The van der Waals surface area contributed by atoms with Crippen molar-refractivity contribution in [3.63, 3.8) is 0 Å². The first-order valence-electron chi connectivity index (χ1n) is 16.1. The fourth-order valence-electron chi connectivity index (χ4n) is 6.61. The van der Waals surface area contributed by atoms with Gasteiger partial charge in [-0.05, 0) is 84.6 Å². The van der Waals surface area contributed by atoms with Crippen LogP contribution in [0.5, 0.6) is 11.5 Å². The molecule has 0 bridgehead atoms. The quantitative estimate of drug-likeness (QED) is 0.132. The summed E-state index contributed by atoms with van der Waals surface area (Å²) in [5, 5.41) is 13.5. The number of carbonyl (C=O) groups is 2. The monoisotopic (exact) mass is 627 g/mol. The number of primary amides is 1. The highest BCUT2D eigenvalue weighted by atomic mass is 16.5. The van der Waals surface area contributed by atoms with Crippen molar-refractivity contribution in [1.82, 2.24) is 19.9 Å². The second-order valence-corrected chi connectivity index (χ2v) is 12.3. The van der Waals surface area contributed by atoms with Crippen LogP contribution in [0.1, 0.15) is 59.6 Å². The number of hydrogen-bond donors (Lipinski definition) is 4. The van der Waals surface area contributed by atoms with Crippen LogP contribution in [-0.2, 0) is 17.8 Å². The number of nitrogens with two attached hydrogens (primary N) is 1. The van der Waals surface area contributed by atoms with Crippen molar-refractivity contribution in [2.24, 2.45) is 5.73 Å². The van der Waals surface area contributed by atoms with Gasteiger partial charge in [-0.15, -0.1) is 0 Å². The van der Waals surface area contributed by atoms with E-state index in [-0.39, 0.29) is 12.2 Å². The topological polar surface area (TPSA) is 135 Å². The van der Waals surface area contributed by atoms with Gasteiger partial charge in [0.1, 0.15) is 30.0 Å². The minimum absolute atomic E-state index is 0.116. The van der Waals surface area contributed by atoms with Crippen molar-refractivity contribution in [3.05, 3.63) is 114 Å². The van der Waals surface area contributed by atoms with Crippen LogP contribution < -0.4 is 15.8 Å². The number of aromatic amines is 1. The zero-order valence-electron chi connectivity index (χ0n) is 26.0. The zero-order chi connectivity index (χ0) is 32.3. The van der Waals surface area contributed by atoms with E-state index >= 15 is 0 Å². The molecule has 6 aromatic rings. The number of nitrogens with one attached hydrogen (secondary N) is 2. The molecule has 2 heterocycles. The molecule has 0 saturated heterocycles. The molecule has 238 valence electrons. The zero-order valence-corrected chi connectivity index (χ0v) is 26.0. The van der Waals surface area contributed by atoms with Crippen LogP contribution >= 0.6 is 0 Å². The number of hydrogen-bond acceptors (Lipinski definition) is 5. The van der Waals surface area contributed by atoms with Crippen LogP contribution in [0.4, 0.5) is 0 Å². The second kappa shape index (κ2) is 13.0. The van der Waals surface area contributed by atoms with E-state index in [1.807, 2.05) is 60.7 Å². The van der Waals surface area contributed by atoms with Gasteiger partial charge >= 0.3 is 0 Å². The molecule has 7 rings (SSSR count). The SMILES string of the molecule is NC(=O)[C@@H](Cc1c[nH]c2ccc(O)cc12)NC(=O)c1ccc2c(c1)nc(-c1ccc(OCc3ccccc3)cc1)n2C1CCCCC1. The lowest BCUT2D eigenvalue weighted by molar-refractivity contribution is -0.119. The number of phenols is 1. The number of imidazole rings is 1. The van der Waals surface area contributed by atoms with Gasteiger partial charge in [0.05, 0.1) is 11.0 Å². The average Bonchev–Trinajstić information content (AvgIpc) is 3.68. The normalized spacial score (nSPS) is 14.3. The molecule has 9 heteroatoms. The number of rotatable bonds is 10. The van der Waals surface area contributed by atoms with Gasteiger partial charge in [-0.2, -0.15) is 0 Å². The van der Waals surface area contributed by atoms with Gasteiger partial charge < -0.3 is 30.4 Å². The fraction of sp³-hybridized carbons (Fsp3) is 0.237. The molecule has 9 nitrogen and oxygen atoms in total. The van der Waals surface area contributed by atoms with Crippen LogP contribution in [0.15, 0.2) is 97.2 Å². The number of nitrogens with zero attached hydrogens (tertiary/aromatic N) is 2. The first-order chi connectivity index (χ1) is 22.9. The number of H-pyrrole nitrogens is 1. The minimum Gasteiger partial charge on any atom is -0.508 e. The Bertz CT molecular complexity index is 2040. The third-order valence-corrected chi connectivity index (χ3v) is 9.08. The molecule has 2 aromatic heterocycles. The molecule has 2 amide bonds. The predicted octanol–water partition coefficient (Wildman–Crippen LogP) is 6.80. The third-order valence-electron chi connectivity index (χ3n) is 9.08. The molecule has 1 saturated carbocycles. The van der Waals surface area contributed by atoms with E-state index < -0.39 is 17.9 Å². The maximum Gasteiger partial charge on any atom is 0.252 e. The Kier molecular flexibility index (Phi) is 8.35. The van der Waals surface area contributed by atoms with E-state index in [9.17, 15) is 14.7 Å². The summed E-state index contributed by atoms with van der Waals surface area (Å²) in [6, 6.07) is 28.0. The number of benzene rings is 4. The Balaban J connectivity index is 1.15. The van der Waals surface area contributed by atoms with Crippen LogP contribution in [0.3, 0.4) is 0 Å². The second-order valence-electron chi connectivity index (χ2n) is 12.3. The Morgan fingerprint density at radius 2 is 1.77 bits per heavy atom. The lowest BCUT2D eigenvalue weighted by Gasteiger charge is -2.25. The summed E-state index contributed by atoms with van der Waals surface area (Å²) in [4.78, 5) is 34.1. The molecule has 0 radical (unpaired) electrons. The van der Waals surface area contributed by atoms with Crippen molar-refractivity contribution < 1.29 is 19.4 Å². The lowest BCUT2D eigenvalue weighted by atomic mass is 9.94. The van der Waals surface area contributed by atoms with Crippen molar-refractivity contribution in [3.8, 4) is 22.9 Å². The lowest BCUT2D eigenvalue weighted by Crippen LogP contribution is -2.45. The van der Waals surface area contributed by atoms with Gasteiger partial charge in [0.2, 0.25) is 5.91 Å². The van der Waals surface area contributed by atoms with Crippen molar-refractivity contribution in [2.45, 2.75) is 57.2 Å². The highest BCUT2D eigenvalue weighted by Gasteiger charge is 2.25. The summed E-state index contributed by atoms with van der Waals surface area (Å²) in [6.07, 6.45) is 7.66. The molecular weight excluding hydrogens is 590 g/mol. The first kappa shape index (κ1) is 30.1. The summed E-state index contributed by atoms with van der Waals surface area (Å²) in [7, 11) is 0. The largest absolute Gasteiger partial charge is 0.508 e. The summed E-state index contributed by atoms with van der Waals surface area (Å²) >= 11 is 0. The van der Waals surface area contributed by atoms with Crippen LogP contribution in [-0.4, -0.2) is 37.5 Å². The maximum absolute atomic E-state index is 13.5. The van der Waals surface area contributed by atoms with Gasteiger partial charge in [0, 0.05) is 40.7 Å². The minimum atomic E-state index is -0.947. The Morgan fingerprint density at radius 3 is 2.53 bits per heavy atom. The van der Waals surface area contributed by atoms with E-state index in [4.69, 9.17) is 15.5 Å². The van der Waals surface area contributed by atoms with Gasteiger partial charge in [0.25, 0.3) is 5.91 Å². The van der Waals surface area contributed by atoms with Crippen molar-refractivity contribution in [2.75, 3.05) is 0 Å². The van der Waals surface area contributed by atoms with E-state index in [1.54, 1.807) is 36.5 Å². The Morgan fingerprint density at radius 1 is 0.979 bits per heavy atom. The average molecular weight is 628 g/mol. The van der Waals surface area contributed by atoms with Crippen LogP contribution in [0, 0.1) is 0 Å². The molecule has 0 aliphatic heterocycles. The smallest absolute Gasteiger partial charge is 0.252 e. The molecule has 0 unspecified atom stereocenters. The Hall–Kier alpha value is -5.57. The highest BCUT2D eigenvalue weighted by Crippen LogP contribution is 2.36. The molecule has 4 aromatic carbocycles. The number of amides is 2. The summed E-state index contributed by atoms with van der Waals surface area (Å²) < 4.78 is 8.35. The Labute approximate surface area is 272 Å². The molecule has 5 N–H and O–H groups in total. The van der Waals surface area contributed by atoms with E-state index in [0.717, 1.165) is 57.5 Å². The third kappa shape index (κ3) is 6.42. The molecule has 1 aliphatic carbocycles. The fourth-order valence-corrected chi connectivity index (χ4v) is 6.61. The molecular formula is C38H37N5O4. The standard InChI is InChI=1S/C38H37N5O4/c39-36(45)34(20-27-22-40-32-17-14-29(44)21-31(27)32)42-38(46)26-13-18-35-33(19-26)41-37(43(35)28-9-5-2-6-10-28)25-11-15-30(16-12-25)47-23-24-7-3-1-4-8-24/h1,3-4,7-8,11-19,21-22,28,34,40,44H,2,5-6,9-10,20,23H2,(H2,39,45)(H,42,46)/t34-/m1/s1. The van der Waals surface area contributed by atoms with Crippen LogP contribution in [0.2, 0.25) is 0 Å². The number of fused-ring (bicyclic) bond motifs is 2. The number of ether oxygens (including phenoxy) is 1. The molecule has 1 atom stereocenters. The number of aromatic nitrogens is 3. The molecule has 1 fully saturated rings. The van der Waals surface area contributed by atoms with Crippen molar-refractivity contribution in [1.29, 1.82) is 0 Å². The van der Waals surface area contributed by atoms with E-state index in [0.29, 0.717) is 23.7 Å². The van der Waals surface area contributed by atoms with E-state index in [2.05, 4.69) is 14.9 Å².